The Labute approximate surface area is 163 Å². The molecule has 3 aromatic carbocycles. The molecule has 3 rings (SSSR count). The van der Waals surface area contributed by atoms with Gasteiger partial charge in [0.1, 0.15) is 5.82 Å². The van der Waals surface area contributed by atoms with Gasteiger partial charge in [-0.3, -0.25) is 14.4 Å². The summed E-state index contributed by atoms with van der Waals surface area (Å²) in [7, 11) is -3.48. The predicted octanol–water partition coefficient (Wildman–Crippen LogP) is 4.24. The summed E-state index contributed by atoms with van der Waals surface area (Å²) in [5.74, 6) is -0.992. The number of nitrogens with one attached hydrogen (secondary N) is 3. The molecule has 0 aliphatic carbocycles. The van der Waals surface area contributed by atoms with Crippen LogP contribution in [0.4, 0.5) is 4.39 Å². The Hall–Kier alpha value is -2.79. The molecule has 0 saturated heterocycles. The standard InChI is InChI=1S/C21H21FN3O2P/c22-20-13-11-19(12-14-20)21(26)25-28(27,23-15-17-7-3-1-4-8-17)24-16-18-9-5-2-6-10-18/h1-14H,15-16H2,(H3,23,24,25,26,27). The third kappa shape index (κ3) is 5.86. The SMILES string of the molecule is O=C(NP(=O)(NCc1ccccc1)NCc1ccccc1)c1ccc(F)cc1. The molecule has 3 N–H and O–H groups in total. The maximum Gasteiger partial charge on any atom is 0.306 e. The van der Waals surface area contributed by atoms with Crippen LogP contribution in [-0.2, 0) is 17.7 Å². The van der Waals surface area contributed by atoms with Crippen LogP contribution in [0.15, 0.2) is 84.9 Å². The highest BCUT2D eigenvalue weighted by Crippen LogP contribution is 2.32. The van der Waals surface area contributed by atoms with Crippen molar-refractivity contribution in [3.63, 3.8) is 0 Å². The molecule has 0 atom stereocenters. The van der Waals surface area contributed by atoms with Crippen LogP contribution < -0.4 is 15.3 Å². The van der Waals surface area contributed by atoms with Crippen LogP contribution in [0, 0.1) is 5.82 Å². The number of amides is 1. The van der Waals surface area contributed by atoms with Gasteiger partial charge >= 0.3 is 7.59 Å². The van der Waals surface area contributed by atoms with Crippen molar-refractivity contribution in [2.75, 3.05) is 0 Å². The first-order chi connectivity index (χ1) is 13.5. The molecule has 0 spiro atoms. The zero-order chi connectivity index (χ0) is 19.8. The fourth-order valence-corrected chi connectivity index (χ4v) is 4.04. The first kappa shape index (κ1) is 20.0. The van der Waals surface area contributed by atoms with Gasteiger partial charge in [0, 0.05) is 18.7 Å². The minimum absolute atomic E-state index is 0.227. The molecule has 0 aromatic heterocycles. The smallest absolute Gasteiger partial charge is 0.279 e. The Morgan fingerprint density at radius 3 is 1.68 bits per heavy atom. The molecule has 144 valence electrons. The molecule has 1 amide bonds. The van der Waals surface area contributed by atoms with E-state index in [-0.39, 0.29) is 5.56 Å². The molecule has 3 aromatic rings. The van der Waals surface area contributed by atoms with Crippen LogP contribution in [0.2, 0.25) is 0 Å². The van der Waals surface area contributed by atoms with Crippen molar-refractivity contribution in [1.82, 2.24) is 15.3 Å². The fraction of sp³-hybridized carbons (Fsp3) is 0.0952. The van der Waals surface area contributed by atoms with Gasteiger partial charge in [-0.15, -0.1) is 0 Å². The molecule has 0 heterocycles. The summed E-state index contributed by atoms with van der Waals surface area (Å²) in [4.78, 5) is 12.5. The van der Waals surface area contributed by atoms with Crippen LogP contribution in [-0.4, -0.2) is 5.91 Å². The fourth-order valence-electron chi connectivity index (χ4n) is 2.54. The first-order valence-corrected chi connectivity index (χ1v) is 10.5. The van der Waals surface area contributed by atoms with E-state index in [1.165, 1.54) is 24.3 Å². The molecule has 28 heavy (non-hydrogen) atoms. The van der Waals surface area contributed by atoms with E-state index in [1.54, 1.807) is 0 Å². The Bertz CT molecular complexity index is 903. The second-order valence-electron chi connectivity index (χ2n) is 6.20. The van der Waals surface area contributed by atoms with Crippen LogP contribution in [0.3, 0.4) is 0 Å². The monoisotopic (exact) mass is 397 g/mol. The van der Waals surface area contributed by atoms with E-state index in [0.29, 0.717) is 13.1 Å². The van der Waals surface area contributed by atoms with Gasteiger partial charge in [0.2, 0.25) is 0 Å². The second kappa shape index (κ2) is 9.42. The lowest BCUT2D eigenvalue weighted by Crippen LogP contribution is -2.35. The molecule has 0 fully saturated rings. The highest BCUT2D eigenvalue weighted by Gasteiger charge is 2.24. The van der Waals surface area contributed by atoms with Gasteiger partial charge in [0.15, 0.2) is 0 Å². The zero-order valence-corrected chi connectivity index (χ0v) is 16.0. The third-order valence-corrected chi connectivity index (χ3v) is 5.79. The lowest BCUT2D eigenvalue weighted by atomic mass is 10.2. The highest BCUT2D eigenvalue weighted by atomic mass is 31.2. The molecule has 0 radical (unpaired) electrons. The highest BCUT2D eigenvalue weighted by molar-refractivity contribution is 7.58. The van der Waals surface area contributed by atoms with Gasteiger partial charge in [-0.25, -0.2) is 14.6 Å². The molecular weight excluding hydrogens is 376 g/mol. The molecule has 0 aliphatic rings. The number of hydrogen-bond acceptors (Lipinski definition) is 2. The Morgan fingerprint density at radius 2 is 1.21 bits per heavy atom. The number of halogens is 1. The molecule has 7 heteroatoms. The van der Waals surface area contributed by atoms with Gasteiger partial charge < -0.3 is 0 Å². The van der Waals surface area contributed by atoms with E-state index in [1.807, 2.05) is 60.7 Å². The van der Waals surface area contributed by atoms with E-state index in [4.69, 9.17) is 0 Å². The lowest BCUT2D eigenvalue weighted by Gasteiger charge is -2.22. The number of benzene rings is 3. The maximum atomic E-state index is 13.4. The normalized spacial score (nSPS) is 11.2. The minimum Gasteiger partial charge on any atom is -0.279 e. The minimum atomic E-state index is -3.48. The van der Waals surface area contributed by atoms with Crippen molar-refractivity contribution >= 4 is 13.5 Å². The summed E-state index contributed by atoms with van der Waals surface area (Å²) in [5, 5.41) is 8.41. The van der Waals surface area contributed by atoms with E-state index >= 15 is 0 Å². The van der Waals surface area contributed by atoms with Gasteiger partial charge in [-0.2, -0.15) is 0 Å². The summed E-state index contributed by atoms with van der Waals surface area (Å²) in [6.07, 6.45) is 0. The molecule has 0 unspecified atom stereocenters. The topological polar surface area (TPSA) is 70.2 Å². The van der Waals surface area contributed by atoms with Crippen molar-refractivity contribution in [2.24, 2.45) is 0 Å². The van der Waals surface area contributed by atoms with Crippen LogP contribution in [0.25, 0.3) is 0 Å². The van der Waals surface area contributed by atoms with Crippen LogP contribution in [0.1, 0.15) is 21.5 Å². The van der Waals surface area contributed by atoms with Crippen LogP contribution in [0.5, 0.6) is 0 Å². The number of rotatable bonds is 8. The first-order valence-electron chi connectivity index (χ1n) is 8.80. The predicted molar refractivity (Wildman–Crippen MR) is 108 cm³/mol. The van der Waals surface area contributed by atoms with Crippen molar-refractivity contribution < 1.29 is 13.8 Å². The Kier molecular flexibility index (Phi) is 6.71. The summed E-state index contributed by atoms with van der Waals surface area (Å²) in [6, 6.07) is 24.0. The van der Waals surface area contributed by atoms with Crippen molar-refractivity contribution in [3.05, 3.63) is 107 Å². The largest absolute Gasteiger partial charge is 0.306 e. The molecule has 0 bridgehead atoms. The zero-order valence-electron chi connectivity index (χ0n) is 15.1. The summed E-state index contributed by atoms with van der Waals surface area (Å²) in [6.45, 7) is 0.618. The molecular formula is C21H21FN3O2P. The third-order valence-electron chi connectivity index (χ3n) is 4.06. The average Bonchev–Trinajstić information content (AvgIpc) is 2.73. The summed E-state index contributed by atoms with van der Waals surface area (Å²) in [5.41, 5.74) is 2.09. The van der Waals surface area contributed by atoms with Gasteiger partial charge in [-0.1, -0.05) is 60.7 Å². The number of hydrogen-bond donors (Lipinski definition) is 3. The van der Waals surface area contributed by atoms with Crippen molar-refractivity contribution in [2.45, 2.75) is 13.1 Å². The Balaban J connectivity index is 1.73. The van der Waals surface area contributed by atoms with E-state index in [0.717, 1.165) is 11.1 Å². The van der Waals surface area contributed by atoms with Gasteiger partial charge in [0.05, 0.1) is 0 Å². The van der Waals surface area contributed by atoms with Crippen molar-refractivity contribution in [1.29, 1.82) is 0 Å². The van der Waals surface area contributed by atoms with Gasteiger partial charge in [0.25, 0.3) is 5.91 Å². The van der Waals surface area contributed by atoms with E-state index in [2.05, 4.69) is 15.3 Å². The number of carbonyl (C=O) groups is 1. The lowest BCUT2D eigenvalue weighted by molar-refractivity contribution is 0.0979. The summed E-state index contributed by atoms with van der Waals surface area (Å²) < 4.78 is 26.5. The Morgan fingerprint density at radius 1 is 0.750 bits per heavy atom. The molecule has 5 nitrogen and oxygen atoms in total. The summed E-state index contributed by atoms with van der Waals surface area (Å²) >= 11 is 0. The van der Waals surface area contributed by atoms with E-state index in [9.17, 15) is 13.8 Å². The number of carbonyl (C=O) groups excluding carboxylic acids is 1. The average molecular weight is 397 g/mol. The van der Waals surface area contributed by atoms with E-state index < -0.39 is 19.3 Å². The van der Waals surface area contributed by atoms with Gasteiger partial charge in [-0.05, 0) is 35.4 Å². The second-order valence-corrected chi connectivity index (χ2v) is 8.27. The van der Waals surface area contributed by atoms with Crippen LogP contribution >= 0.6 is 7.59 Å². The quantitative estimate of drug-likeness (QED) is 0.497. The maximum absolute atomic E-state index is 13.4. The van der Waals surface area contributed by atoms with Crippen molar-refractivity contribution in [3.8, 4) is 0 Å². The molecule has 0 saturated carbocycles. The molecule has 0 aliphatic heterocycles.